The molecule has 1 saturated heterocycles. The topological polar surface area (TPSA) is 118 Å². The van der Waals surface area contributed by atoms with Crippen molar-refractivity contribution in [1.29, 1.82) is 0 Å². The Morgan fingerprint density at radius 2 is 1.00 bits per heavy atom. The van der Waals surface area contributed by atoms with E-state index in [1.54, 1.807) is 12.1 Å². The molecule has 3 aromatic heterocycles. The monoisotopic (exact) mass is 888 g/mol. The molecule has 316 valence electrons. The summed E-state index contributed by atoms with van der Waals surface area (Å²) in [6.45, 7) is 0.560. The largest absolute Gasteiger partial charge is 2.00 e. The number of nitrogens with one attached hydrogen (secondary N) is 1. The van der Waals surface area contributed by atoms with Crippen LogP contribution in [0.5, 0.6) is 0 Å². The van der Waals surface area contributed by atoms with E-state index in [1.807, 2.05) is 84.9 Å². The molecule has 4 aliphatic rings. The van der Waals surface area contributed by atoms with Gasteiger partial charge in [0.05, 0.1) is 45.5 Å². The average molecular weight is 890 g/mol. The van der Waals surface area contributed by atoms with Crippen LogP contribution in [-0.2, 0) is 21.2 Å². The first-order chi connectivity index (χ1) is 31.6. The molecule has 0 spiro atoms. The molecule has 5 aromatic carbocycles. The number of nitro groups is 1. The third-order valence-corrected chi connectivity index (χ3v) is 12.8. The molecular weight excluding hydrogens is 851 g/mol. The van der Waals surface area contributed by atoms with Crippen molar-refractivity contribution in [3.63, 3.8) is 0 Å². The molecule has 3 atom stereocenters. The molecule has 10 heteroatoms. The van der Waals surface area contributed by atoms with Crippen LogP contribution in [-0.4, -0.2) is 27.6 Å². The predicted molar refractivity (Wildman–Crippen MR) is 253 cm³/mol. The Morgan fingerprint density at radius 1 is 0.554 bits per heavy atom. The van der Waals surface area contributed by atoms with Gasteiger partial charge in [0.1, 0.15) is 0 Å². The molecule has 0 saturated carbocycles. The fourth-order valence-corrected chi connectivity index (χ4v) is 9.92. The Labute approximate surface area is 384 Å². The molecule has 8 bridgehead atoms. The number of fused-ring (bicyclic) bond motifs is 12. The predicted octanol–water partition coefficient (Wildman–Crippen LogP) is 11.9. The Balaban J connectivity index is 0.00000469. The van der Waals surface area contributed by atoms with Crippen LogP contribution < -0.4 is 15.3 Å². The third kappa shape index (κ3) is 6.90. The summed E-state index contributed by atoms with van der Waals surface area (Å²) < 4.78 is 6.83. The van der Waals surface area contributed by atoms with Crippen LogP contribution in [0, 0.1) is 16.0 Å². The Bertz CT molecular complexity index is 3370. The van der Waals surface area contributed by atoms with Gasteiger partial charge in [0.25, 0.3) is 5.69 Å². The van der Waals surface area contributed by atoms with Gasteiger partial charge in [-0.25, -0.2) is 9.97 Å². The fourth-order valence-electron chi connectivity index (χ4n) is 9.92. The van der Waals surface area contributed by atoms with Gasteiger partial charge >= 0.3 is 16.5 Å². The number of hydrogen-bond acceptors (Lipinski definition) is 6. The van der Waals surface area contributed by atoms with Gasteiger partial charge < -0.3 is 20.0 Å². The molecule has 0 radical (unpaired) electrons. The molecule has 9 nitrogen and oxygen atoms in total. The summed E-state index contributed by atoms with van der Waals surface area (Å²) in [5, 5.41) is 15.8. The first-order valence-corrected chi connectivity index (χ1v) is 21.5. The minimum atomic E-state index is -0.357. The Morgan fingerprint density at radius 3 is 1.48 bits per heavy atom. The number of aromatic nitrogens is 4. The third-order valence-electron chi connectivity index (χ3n) is 12.8. The zero-order chi connectivity index (χ0) is 42.7. The van der Waals surface area contributed by atoms with Crippen LogP contribution in [0.25, 0.3) is 90.0 Å². The van der Waals surface area contributed by atoms with E-state index < -0.39 is 0 Å². The SMILES string of the molecule is O=[N+]([O-])c1ccc([C@H]2NC3=C(c4nc3c(-c3ccccc3)c3ccc([n-]3)c(-c3ccccc3)c3nc(c(-c5ccccc5)c5ccc([n-]5)c4-c4ccccc4)C=C3)[C@@H]3OCC[C@H]23)cc1.[Ni+2]. The zero-order valence-corrected chi connectivity index (χ0v) is 35.7. The van der Waals surface area contributed by atoms with Crippen LogP contribution >= 0.6 is 0 Å². The average Bonchev–Trinajstić information content (AvgIpc) is 4.21. The molecule has 8 aromatic rings. The van der Waals surface area contributed by atoms with E-state index >= 15 is 0 Å². The van der Waals surface area contributed by atoms with Crippen LogP contribution in [0.15, 0.2) is 170 Å². The molecule has 0 unspecified atom stereocenters. The number of non-ortho nitro benzene ring substituents is 1. The fraction of sp³-hybridized carbons (Fsp3) is 0.0909. The molecule has 7 heterocycles. The van der Waals surface area contributed by atoms with E-state index in [9.17, 15) is 10.1 Å². The van der Waals surface area contributed by atoms with Crippen LogP contribution in [0.1, 0.15) is 40.8 Å². The number of nitrogens with zero attached hydrogens (tertiary/aromatic N) is 5. The summed E-state index contributed by atoms with van der Waals surface area (Å²) in [4.78, 5) is 33.6. The second-order valence-corrected chi connectivity index (χ2v) is 16.4. The van der Waals surface area contributed by atoms with Crippen molar-refractivity contribution in [2.24, 2.45) is 5.92 Å². The van der Waals surface area contributed by atoms with E-state index in [0.29, 0.717) is 6.61 Å². The minimum Gasteiger partial charge on any atom is -0.657 e. The number of ether oxygens (including phenoxy) is 1. The smallest absolute Gasteiger partial charge is 0.657 e. The molecule has 0 amide bonds. The molecule has 4 aliphatic heterocycles. The maximum absolute atomic E-state index is 11.8. The summed E-state index contributed by atoms with van der Waals surface area (Å²) in [6, 6.07) is 56.4. The van der Waals surface area contributed by atoms with Crippen molar-refractivity contribution in [3.05, 3.63) is 208 Å². The van der Waals surface area contributed by atoms with Crippen molar-refractivity contribution in [2.45, 2.75) is 18.6 Å². The first kappa shape index (κ1) is 40.1. The van der Waals surface area contributed by atoms with Gasteiger partial charge in [0.15, 0.2) is 0 Å². The van der Waals surface area contributed by atoms with Crippen molar-refractivity contribution in [3.8, 4) is 44.5 Å². The normalized spacial score (nSPS) is 17.2. The van der Waals surface area contributed by atoms with Gasteiger partial charge in [-0.3, -0.25) is 10.1 Å². The molecular formula is C55H38N6NiO3. The van der Waals surface area contributed by atoms with Crippen LogP contribution in [0.3, 0.4) is 0 Å². The molecule has 65 heavy (non-hydrogen) atoms. The van der Waals surface area contributed by atoms with Crippen molar-refractivity contribution >= 4 is 51.2 Å². The van der Waals surface area contributed by atoms with E-state index in [0.717, 1.165) is 113 Å². The summed E-state index contributed by atoms with van der Waals surface area (Å²) >= 11 is 0. The molecule has 0 aliphatic carbocycles. The van der Waals surface area contributed by atoms with Crippen molar-refractivity contribution < 1.29 is 26.2 Å². The standard InChI is InChI=1S/C55H38N6O3.Ni/c62-61(63)38-23-21-37(22-24-38)51-39-31-32-64-55(39)50-52-48(35-17-9-3-10-18-35)44-29-27-42(57-44)46(33-13-5-1-6-14-33)40-25-26-41(56-40)47(34-15-7-2-8-16-34)43-28-30-45(58-43)49(36-19-11-4-12-20-36)53(60-52)54(50)59-51;/h1-30,39,51,55,59H,31-32H2;/q-2;+2/t39-,51-,55-;/m1./s1. The summed E-state index contributed by atoms with van der Waals surface area (Å²) in [5.74, 6) is 0.0151. The minimum absolute atomic E-state index is 0. The Hall–Kier alpha value is -7.65. The molecule has 1 fully saturated rings. The number of nitro benzene ring substituents is 1. The first-order valence-electron chi connectivity index (χ1n) is 21.5. The van der Waals surface area contributed by atoms with Crippen LogP contribution in [0.2, 0.25) is 0 Å². The van der Waals surface area contributed by atoms with E-state index in [-0.39, 0.29) is 45.2 Å². The maximum Gasteiger partial charge on any atom is 2.00 e. The Kier molecular flexibility index (Phi) is 10.2. The summed E-state index contributed by atoms with van der Waals surface area (Å²) in [5.41, 5.74) is 16.6. The number of hydrogen-bond donors (Lipinski definition) is 1. The van der Waals surface area contributed by atoms with Crippen molar-refractivity contribution in [1.82, 2.24) is 25.3 Å². The van der Waals surface area contributed by atoms with Gasteiger partial charge in [0.2, 0.25) is 0 Å². The van der Waals surface area contributed by atoms with E-state index in [1.165, 1.54) is 0 Å². The maximum atomic E-state index is 11.8. The van der Waals surface area contributed by atoms with E-state index in [2.05, 4.69) is 90.3 Å². The van der Waals surface area contributed by atoms with E-state index in [4.69, 9.17) is 24.7 Å². The summed E-state index contributed by atoms with van der Waals surface area (Å²) in [6.07, 6.45) is 4.63. The number of benzene rings is 5. The van der Waals surface area contributed by atoms with Gasteiger partial charge in [-0.05, 0) is 68.6 Å². The quantitative estimate of drug-likeness (QED) is 0.0996. The zero-order valence-electron chi connectivity index (χ0n) is 34.7. The molecule has 12 rings (SSSR count). The number of rotatable bonds is 6. The van der Waals surface area contributed by atoms with Crippen LogP contribution in [0.4, 0.5) is 5.69 Å². The molecule has 1 N–H and O–H groups in total. The summed E-state index contributed by atoms with van der Waals surface area (Å²) in [7, 11) is 0. The van der Waals surface area contributed by atoms with Gasteiger partial charge in [-0.1, -0.05) is 158 Å². The van der Waals surface area contributed by atoms with Gasteiger partial charge in [-0.15, -0.1) is 22.1 Å². The second-order valence-electron chi connectivity index (χ2n) is 16.4. The van der Waals surface area contributed by atoms with Crippen molar-refractivity contribution in [2.75, 3.05) is 6.61 Å². The van der Waals surface area contributed by atoms with Gasteiger partial charge in [-0.2, -0.15) is 0 Å². The second kappa shape index (κ2) is 16.5. The van der Waals surface area contributed by atoms with Gasteiger partial charge in [0, 0.05) is 30.2 Å².